The van der Waals surface area contributed by atoms with E-state index in [1.165, 1.54) is 34.6 Å². The van der Waals surface area contributed by atoms with Crippen LogP contribution in [0.2, 0.25) is 5.02 Å². The first-order valence-electron chi connectivity index (χ1n) is 7.33. The Labute approximate surface area is 131 Å². The summed E-state index contributed by atoms with van der Waals surface area (Å²) in [5.74, 6) is 0. The fourth-order valence-electron chi connectivity index (χ4n) is 2.29. The molecule has 2 aromatic rings. The standard InChI is InChI=1S/C17H22ClNS/c1-3-6-15(19-11-4-2)17-10-9-16(20-17)13-7-5-8-14(18)12-13/h5,7-10,12,15,19H,3-4,6,11H2,1-2H3. The Bertz CT molecular complexity index is 535. The van der Waals surface area contributed by atoms with Crippen LogP contribution in [-0.2, 0) is 0 Å². The molecule has 3 heteroatoms. The molecule has 1 N–H and O–H groups in total. The molecule has 108 valence electrons. The second kappa shape index (κ2) is 7.82. The van der Waals surface area contributed by atoms with Gasteiger partial charge in [0.25, 0.3) is 0 Å². The monoisotopic (exact) mass is 307 g/mol. The van der Waals surface area contributed by atoms with Crippen molar-refractivity contribution in [3.63, 3.8) is 0 Å². The first-order chi connectivity index (χ1) is 9.74. The summed E-state index contributed by atoms with van der Waals surface area (Å²) in [6.07, 6.45) is 3.56. The summed E-state index contributed by atoms with van der Waals surface area (Å²) in [5, 5.41) is 4.44. The van der Waals surface area contributed by atoms with Crippen LogP contribution in [-0.4, -0.2) is 6.54 Å². The Hall–Kier alpha value is -0.830. The predicted molar refractivity (Wildman–Crippen MR) is 90.7 cm³/mol. The van der Waals surface area contributed by atoms with Crippen molar-refractivity contribution >= 4 is 22.9 Å². The van der Waals surface area contributed by atoms with Crippen LogP contribution in [0, 0.1) is 0 Å². The van der Waals surface area contributed by atoms with E-state index in [1.54, 1.807) is 0 Å². The smallest absolute Gasteiger partial charge is 0.0414 e. The van der Waals surface area contributed by atoms with Crippen LogP contribution in [0.1, 0.15) is 44.0 Å². The maximum Gasteiger partial charge on any atom is 0.0414 e. The summed E-state index contributed by atoms with van der Waals surface area (Å²) in [6, 6.07) is 13.0. The quantitative estimate of drug-likeness (QED) is 0.670. The SMILES string of the molecule is CCCNC(CCC)c1ccc(-c2cccc(Cl)c2)s1. The number of thiophene rings is 1. The molecule has 0 saturated heterocycles. The molecule has 20 heavy (non-hydrogen) atoms. The molecule has 0 amide bonds. The van der Waals surface area contributed by atoms with Crippen LogP contribution in [0.15, 0.2) is 36.4 Å². The first-order valence-corrected chi connectivity index (χ1v) is 8.53. The number of rotatable bonds is 7. The average Bonchev–Trinajstić information content (AvgIpc) is 2.93. The molecule has 1 unspecified atom stereocenters. The highest BCUT2D eigenvalue weighted by molar-refractivity contribution is 7.15. The van der Waals surface area contributed by atoms with Gasteiger partial charge in [-0.1, -0.05) is 44.0 Å². The zero-order chi connectivity index (χ0) is 14.4. The van der Waals surface area contributed by atoms with Gasteiger partial charge in [-0.2, -0.15) is 0 Å². The zero-order valence-corrected chi connectivity index (χ0v) is 13.7. The third kappa shape index (κ3) is 4.08. The zero-order valence-electron chi connectivity index (χ0n) is 12.2. The van der Waals surface area contributed by atoms with Crippen molar-refractivity contribution < 1.29 is 0 Å². The van der Waals surface area contributed by atoms with Crippen molar-refractivity contribution in [3.8, 4) is 10.4 Å². The minimum atomic E-state index is 0.484. The number of halogens is 1. The van der Waals surface area contributed by atoms with E-state index >= 15 is 0 Å². The molecule has 0 saturated carbocycles. The summed E-state index contributed by atoms with van der Waals surface area (Å²) >= 11 is 7.95. The fourth-order valence-corrected chi connectivity index (χ4v) is 3.59. The highest BCUT2D eigenvalue weighted by Gasteiger charge is 2.13. The van der Waals surface area contributed by atoms with Crippen molar-refractivity contribution in [2.75, 3.05) is 6.54 Å². The van der Waals surface area contributed by atoms with Crippen molar-refractivity contribution in [1.29, 1.82) is 0 Å². The molecule has 0 bridgehead atoms. The normalized spacial score (nSPS) is 12.6. The Morgan fingerprint density at radius 3 is 2.70 bits per heavy atom. The van der Waals surface area contributed by atoms with Crippen LogP contribution in [0.4, 0.5) is 0 Å². The van der Waals surface area contributed by atoms with Gasteiger partial charge in [-0.25, -0.2) is 0 Å². The molecule has 0 radical (unpaired) electrons. The number of hydrogen-bond donors (Lipinski definition) is 1. The van der Waals surface area contributed by atoms with Gasteiger partial charge in [0.1, 0.15) is 0 Å². The number of benzene rings is 1. The summed E-state index contributed by atoms with van der Waals surface area (Å²) < 4.78 is 0. The van der Waals surface area contributed by atoms with E-state index in [4.69, 9.17) is 11.6 Å². The van der Waals surface area contributed by atoms with E-state index < -0.39 is 0 Å². The Kier molecular flexibility index (Phi) is 6.08. The molecule has 1 aromatic heterocycles. The molecule has 1 aromatic carbocycles. The second-order valence-corrected chi connectivity index (χ2v) is 6.56. The molecule has 0 spiro atoms. The molecular formula is C17H22ClNS. The molecule has 2 rings (SSSR count). The Balaban J connectivity index is 2.17. The largest absolute Gasteiger partial charge is 0.309 e. The van der Waals surface area contributed by atoms with E-state index in [9.17, 15) is 0 Å². The Morgan fingerprint density at radius 2 is 2.00 bits per heavy atom. The Morgan fingerprint density at radius 1 is 1.15 bits per heavy atom. The molecule has 0 aliphatic carbocycles. The molecule has 1 atom stereocenters. The summed E-state index contributed by atoms with van der Waals surface area (Å²) in [4.78, 5) is 2.72. The predicted octanol–water partition coefficient (Wildman–Crippen LogP) is 5.91. The lowest BCUT2D eigenvalue weighted by Crippen LogP contribution is -2.21. The van der Waals surface area contributed by atoms with Crippen LogP contribution in [0.3, 0.4) is 0 Å². The fraction of sp³-hybridized carbons (Fsp3) is 0.412. The summed E-state index contributed by atoms with van der Waals surface area (Å²) in [6.45, 7) is 5.53. The van der Waals surface area contributed by atoms with Crippen molar-refractivity contribution in [3.05, 3.63) is 46.3 Å². The number of hydrogen-bond acceptors (Lipinski definition) is 2. The first kappa shape index (κ1) is 15.6. The molecule has 1 nitrogen and oxygen atoms in total. The van der Waals surface area contributed by atoms with Crippen LogP contribution < -0.4 is 5.32 Å². The molecular weight excluding hydrogens is 286 g/mol. The molecule has 0 aliphatic heterocycles. The summed E-state index contributed by atoms with van der Waals surface area (Å²) in [7, 11) is 0. The van der Waals surface area contributed by atoms with Crippen molar-refractivity contribution in [2.24, 2.45) is 0 Å². The van der Waals surface area contributed by atoms with E-state index in [1.807, 2.05) is 29.5 Å². The maximum absolute atomic E-state index is 6.07. The lowest BCUT2D eigenvalue weighted by atomic mass is 10.1. The van der Waals surface area contributed by atoms with Gasteiger partial charge in [0.2, 0.25) is 0 Å². The van der Waals surface area contributed by atoms with Gasteiger partial charge < -0.3 is 5.32 Å². The van der Waals surface area contributed by atoms with Gasteiger partial charge in [-0.3, -0.25) is 0 Å². The summed E-state index contributed by atoms with van der Waals surface area (Å²) in [5.41, 5.74) is 1.21. The highest BCUT2D eigenvalue weighted by Crippen LogP contribution is 2.33. The second-order valence-electron chi connectivity index (χ2n) is 5.01. The van der Waals surface area contributed by atoms with Gasteiger partial charge in [0.15, 0.2) is 0 Å². The van der Waals surface area contributed by atoms with Crippen molar-refractivity contribution in [2.45, 2.75) is 39.2 Å². The minimum Gasteiger partial charge on any atom is -0.309 e. The van der Waals surface area contributed by atoms with E-state index in [0.717, 1.165) is 11.6 Å². The van der Waals surface area contributed by atoms with Gasteiger partial charge in [-0.15, -0.1) is 11.3 Å². The van der Waals surface area contributed by atoms with E-state index in [-0.39, 0.29) is 0 Å². The van der Waals surface area contributed by atoms with Crippen LogP contribution >= 0.6 is 22.9 Å². The molecule has 0 fully saturated rings. The van der Waals surface area contributed by atoms with Crippen LogP contribution in [0.5, 0.6) is 0 Å². The molecule has 1 heterocycles. The van der Waals surface area contributed by atoms with Gasteiger partial charge in [0.05, 0.1) is 0 Å². The van der Waals surface area contributed by atoms with E-state index in [2.05, 4.69) is 37.4 Å². The lowest BCUT2D eigenvalue weighted by molar-refractivity contribution is 0.501. The van der Waals surface area contributed by atoms with Gasteiger partial charge in [-0.05, 0) is 49.2 Å². The third-order valence-electron chi connectivity index (χ3n) is 3.30. The van der Waals surface area contributed by atoms with Gasteiger partial charge in [0, 0.05) is 20.8 Å². The topological polar surface area (TPSA) is 12.0 Å². The average molecular weight is 308 g/mol. The lowest BCUT2D eigenvalue weighted by Gasteiger charge is -2.16. The number of nitrogens with one attached hydrogen (secondary N) is 1. The maximum atomic E-state index is 6.07. The van der Waals surface area contributed by atoms with Crippen molar-refractivity contribution in [1.82, 2.24) is 5.32 Å². The molecule has 0 aliphatic rings. The minimum absolute atomic E-state index is 0.484. The van der Waals surface area contributed by atoms with E-state index in [0.29, 0.717) is 6.04 Å². The highest BCUT2D eigenvalue weighted by atomic mass is 35.5. The third-order valence-corrected chi connectivity index (χ3v) is 4.78. The van der Waals surface area contributed by atoms with Crippen LogP contribution in [0.25, 0.3) is 10.4 Å². The van der Waals surface area contributed by atoms with Gasteiger partial charge >= 0.3 is 0 Å².